The van der Waals surface area contributed by atoms with Gasteiger partial charge < -0.3 is 23.4 Å². The average Bonchev–Trinajstić information content (AvgIpc) is 3.31. The van der Waals surface area contributed by atoms with Crippen LogP contribution in [0.25, 0.3) is 22.3 Å². The molecule has 4 rings (SSSR count). The molecular weight excluding hydrogens is 348 g/mol. The molecule has 0 unspecified atom stereocenters. The highest BCUT2D eigenvalue weighted by Crippen LogP contribution is 2.39. The number of methoxy groups -OCH3 is 1. The highest BCUT2D eigenvalue weighted by Gasteiger charge is 2.17. The van der Waals surface area contributed by atoms with Gasteiger partial charge in [0.1, 0.15) is 5.76 Å². The highest BCUT2D eigenvalue weighted by atomic mass is 16.7. The Morgan fingerprint density at radius 1 is 1.11 bits per heavy atom. The summed E-state index contributed by atoms with van der Waals surface area (Å²) in [5, 5.41) is 0.917. The van der Waals surface area contributed by atoms with Gasteiger partial charge in [0.05, 0.1) is 13.7 Å². The van der Waals surface area contributed by atoms with E-state index in [2.05, 4.69) is 0 Å². The summed E-state index contributed by atoms with van der Waals surface area (Å²) in [4.78, 5) is 11.6. The van der Waals surface area contributed by atoms with Crippen LogP contribution in [0.15, 0.2) is 40.8 Å². The van der Waals surface area contributed by atoms with Crippen LogP contribution in [0, 0.1) is 0 Å². The molecule has 140 valence electrons. The van der Waals surface area contributed by atoms with E-state index in [4.69, 9.17) is 23.4 Å². The molecule has 0 bridgehead atoms. The molecule has 1 aromatic heterocycles. The second kappa shape index (κ2) is 7.23. The summed E-state index contributed by atoms with van der Waals surface area (Å²) >= 11 is 0. The van der Waals surface area contributed by atoms with E-state index in [1.54, 1.807) is 14.0 Å². The number of fused-ring (bicyclic) bond motifs is 2. The molecule has 0 spiro atoms. The highest BCUT2D eigenvalue weighted by molar-refractivity contribution is 5.88. The number of benzene rings is 2. The lowest BCUT2D eigenvalue weighted by Gasteiger charge is -2.06. The fourth-order valence-corrected chi connectivity index (χ4v) is 3.15. The fourth-order valence-electron chi connectivity index (χ4n) is 3.15. The number of hydrogen-bond donors (Lipinski definition) is 0. The zero-order valence-electron chi connectivity index (χ0n) is 15.2. The molecule has 1 aliphatic rings. The fraction of sp³-hybridized carbons (Fsp3) is 0.286. The summed E-state index contributed by atoms with van der Waals surface area (Å²) < 4.78 is 27.3. The Bertz CT molecular complexity index is 988. The first kappa shape index (κ1) is 17.3. The number of aryl methyl sites for hydroxylation is 1. The van der Waals surface area contributed by atoms with Crippen LogP contribution in [0.4, 0.5) is 0 Å². The molecule has 6 nitrogen and oxygen atoms in total. The third-order valence-corrected chi connectivity index (χ3v) is 4.44. The Morgan fingerprint density at radius 3 is 2.78 bits per heavy atom. The van der Waals surface area contributed by atoms with Crippen LogP contribution in [0.1, 0.15) is 18.9 Å². The molecule has 0 saturated heterocycles. The average molecular weight is 368 g/mol. The predicted molar refractivity (Wildman–Crippen MR) is 99.3 cm³/mol. The number of rotatable bonds is 6. The van der Waals surface area contributed by atoms with Crippen molar-refractivity contribution >= 4 is 16.9 Å². The molecule has 2 heterocycles. The Hall–Kier alpha value is -3.15. The molecule has 0 aliphatic carbocycles. The van der Waals surface area contributed by atoms with Crippen molar-refractivity contribution in [1.29, 1.82) is 0 Å². The minimum absolute atomic E-state index is 0.204. The van der Waals surface area contributed by atoms with Crippen molar-refractivity contribution in [1.82, 2.24) is 0 Å². The number of furan rings is 1. The Morgan fingerprint density at radius 2 is 1.96 bits per heavy atom. The van der Waals surface area contributed by atoms with E-state index < -0.39 is 0 Å². The maximum Gasteiger partial charge on any atom is 0.306 e. The third-order valence-electron chi connectivity index (χ3n) is 4.44. The third kappa shape index (κ3) is 3.43. The summed E-state index contributed by atoms with van der Waals surface area (Å²) in [6.07, 6.45) is 0.908. The molecule has 0 N–H and O–H groups in total. The van der Waals surface area contributed by atoms with Crippen molar-refractivity contribution in [3.63, 3.8) is 0 Å². The van der Waals surface area contributed by atoms with E-state index in [1.165, 1.54) is 0 Å². The topological polar surface area (TPSA) is 67.1 Å². The zero-order valence-corrected chi connectivity index (χ0v) is 15.2. The van der Waals surface area contributed by atoms with Gasteiger partial charge in [0.15, 0.2) is 22.8 Å². The monoisotopic (exact) mass is 368 g/mol. The Kier molecular flexibility index (Phi) is 4.62. The molecule has 0 amide bonds. The summed E-state index contributed by atoms with van der Waals surface area (Å²) in [7, 11) is 1.60. The van der Waals surface area contributed by atoms with Crippen molar-refractivity contribution < 1.29 is 28.2 Å². The molecule has 2 aromatic carbocycles. The molecule has 3 aromatic rings. The second-order valence-electron chi connectivity index (χ2n) is 6.20. The maximum atomic E-state index is 11.6. The van der Waals surface area contributed by atoms with Crippen molar-refractivity contribution in [3.8, 4) is 28.6 Å². The van der Waals surface area contributed by atoms with Gasteiger partial charge in [-0.2, -0.15) is 0 Å². The minimum Gasteiger partial charge on any atom is -0.493 e. The smallest absolute Gasteiger partial charge is 0.306 e. The molecule has 0 saturated carbocycles. The van der Waals surface area contributed by atoms with Gasteiger partial charge >= 0.3 is 5.97 Å². The largest absolute Gasteiger partial charge is 0.493 e. The number of carbonyl (C=O) groups is 1. The summed E-state index contributed by atoms with van der Waals surface area (Å²) in [5.41, 5.74) is 2.56. The molecule has 0 radical (unpaired) electrons. The second-order valence-corrected chi connectivity index (χ2v) is 6.20. The standard InChI is InChI=1S/C21H20O6/c1-3-24-20(22)7-4-13-8-15-11-17(27-21(15)19(9-13)23-2)14-5-6-16-18(10-14)26-12-25-16/h5-6,8-11H,3-4,7,12H2,1-2H3. The van der Waals surface area contributed by atoms with Crippen molar-refractivity contribution in [3.05, 3.63) is 42.0 Å². The first-order valence-electron chi connectivity index (χ1n) is 8.84. The van der Waals surface area contributed by atoms with E-state index >= 15 is 0 Å². The van der Waals surface area contributed by atoms with Gasteiger partial charge in [-0.15, -0.1) is 0 Å². The maximum absolute atomic E-state index is 11.6. The van der Waals surface area contributed by atoms with Crippen LogP contribution < -0.4 is 14.2 Å². The van der Waals surface area contributed by atoms with Gasteiger partial charge in [0.25, 0.3) is 0 Å². The first-order valence-corrected chi connectivity index (χ1v) is 8.84. The summed E-state index contributed by atoms with van der Waals surface area (Å²) in [5.74, 6) is 2.58. The van der Waals surface area contributed by atoms with Gasteiger partial charge in [-0.3, -0.25) is 4.79 Å². The molecule has 1 aliphatic heterocycles. The summed E-state index contributed by atoms with van der Waals surface area (Å²) in [6, 6.07) is 11.6. The number of ether oxygens (including phenoxy) is 4. The van der Waals surface area contributed by atoms with Gasteiger partial charge in [-0.1, -0.05) is 0 Å². The van der Waals surface area contributed by atoms with Crippen LogP contribution in [-0.4, -0.2) is 26.5 Å². The van der Waals surface area contributed by atoms with Gasteiger partial charge in [0, 0.05) is 17.4 Å². The minimum atomic E-state index is -0.204. The Labute approximate surface area is 156 Å². The molecular formula is C21H20O6. The van der Waals surface area contributed by atoms with Crippen LogP contribution >= 0.6 is 0 Å². The van der Waals surface area contributed by atoms with E-state index in [-0.39, 0.29) is 12.8 Å². The van der Waals surface area contributed by atoms with E-state index in [0.717, 1.165) is 22.3 Å². The SMILES string of the molecule is CCOC(=O)CCc1cc(OC)c2oc(-c3ccc4c(c3)OCO4)cc2c1. The predicted octanol–water partition coefficient (Wildman–Crippen LogP) is 4.33. The molecule has 0 atom stereocenters. The quantitative estimate of drug-likeness (QED) is 0.603. The lowest BCUT2D eigenvalue weighted by molar-refractivity contribution is -0.143. The molecule has 6 heteroatoms. The van der Waals surface area contributed by atoms with Crippen LogP contribution in [0.2, 0.25) is 0 Å². The van der Waals surface area contributed by atoms with Crippen LogP contribution in [0.5, 0.6) is 17.2 Å². The van der Waals surface area contributed by atoms with Crippen molar-refractivity contribution in [2.45, 2.75) is 19.8 Å². The van der Waals surface area contributed by atoms with Gasteiger partial charge in [-0.05, 0) is 55.3 Å². The van der Waals surface area contributed by atoms with Gasteiger partial charge in [-0.25, -0.2) is 0 Å². The van der Waals surface area contributed by atoms with Crippen molar-refractivity contribution in [2.75, 3.05) is 20.5 Å². The zero-order chi connectivity index (χ0) is 18.8. The van der Waals surface area contributed by atoms with E-state index in [1.807, 2.05) is 36.4 Å². The number of hydrogen-bond acceptors (Lipinski definition) is 6. The lowest BCUT2D eigenvalue weighted by Crippen LogP contribution is -2.05. The lowest BCUT2D eigenvalue weighted by atomic mass is 10.1. The van der Waals surface area contributed by atoms with Crippen LogP contribution in [0.3, 0.4) is 0 Å². The van der Waals surface area contributed by atoms with Crippen molar-refractivity contribution in [2.24, 2.45) is 0 Å². The molecule has 0 fully saturated rings. The number of esters is 1. The van der Waals surface area contributed by atoms with Gasteiger partial charge in [0.2, 0.25) is 6.79 Å². The van der Waals surface area contributed by atoms with E-state index in [9.17, 15) is 4.79 Å². The van der Waals surface area contributed by atoms with E-state index in [0.29, 0.717) is 42.3 Å². The first-order chi connectivity index (χ1) is 13.2. The number of carbonyl (C=O) groups excluding carboxylic acids is 1. The van der Waals surface area contributed by atoms with Crippen LogP contribution in [-0.2, 0) is 16.0 Å². The Balaban J connectivity index is 1.65. The molecule has 27 heavy (non-hydrogen) atoms. The summed E-state index contributed by atoms with van der Waals surface area (Å²) in [6.45, 7) is 2.43. The normalized spacial score (nSPS) is 12.4.